The van der Waals surface area contributed by atoms with Crippen LogP contribution in [0, 0.1) is 19.7 Å². The molecule has 0 aliphatic heterocycles. The summed E-state index contributed by atoms with van der Waals surface area (Å²) in [5.74, 6) is -0.632. The van der Waals surface area contributed by atoms with E-state index in [1.54, 1.807) is 6.07 Å². The number of ketones is 1. The van der Waals surface area contributed by atoms with Gasteiger partial charge in [-0.25, -0.2) is 4.39 Å². The van der Waals surface area contributed by atoms with Gasteiger partial charge in [0.15, 0.2) is 5.78 Å². The van der Waals surface area contributed by atoms with Crippen molar-refractivity contribution < 1.29 is 14.0 Å². The molecule has 0 fully saturated rings. The molecule has 0 saturated carbocycles. The number of Topliss-reactive ketones (excluding diaryl/α,β-unsaturated/α-hetero) is 1. The predicted molar refractivity (Wildman–Crippen MR) is 95.4 cm³/mol. The summed E-state index contributed by atoms with van der Waals surface area (Å²) in [6.45, 7) is 4.04. The van der Waals surface area contributed by atoms with E-state index in [0.29, 0.717) is 15.6 Å². The van der Waals surface area contributed by atoms with Crippen LogP contribution in [0.4, 0.5) is 4.39 Å². The summed E-state index contributed by atoms with van der Waals surface area (Å²) in [7, 11) is 0. The van der Waals surface area contributed by atoms with E-state index in [1.807, 2.05) is 32.0 Å². The summed E-state index contributed by atoms with van der Waals surface area (Å²) in [5, 5.41) is 2.71. The van der Waals surface area contributed by atoms with E-state index in [1.165, 1.54) is 12.1 Å². The summed E-state index contributed by atoms with van der Waals surface area (Å²) in [6, 6.07) is 10.2. The third-order valence-corrected chi connectivity index (χ3v) is 4.14. The minimum Gasteiger partial charge on any atom is -0.352 e. The van der Waals surface area contributed by atoms with Gasteiger partial charge in [0.2, 0.25) is 5.91 Å². The molecule has 0 heterocycles. The summed E-state index contributed by atoms with van der Waals surface area (Å²) < 4.78 is 13.9. The van der Waals surface area contributed by atoms with Crippen molar-refractivity contribution in [1.82, 2.24) is 5.32 Å². The van der Waals surface area contributed by atoms with Gasteiger partial charge in [-0.3, -0.25) is 9.59 Å². The zero-order chi connectivity index (χ0) is 17.7. The SMILES string of the molecule is Cc1ccc(C)c(C(=O)CCC(=O)NCc2cc(F)cc(Br)c2)c1. The average molecular weight is 392 g/mol. The second-order valence-electron chi connectivity index (χ2n) is 5.80. The van der Waals surface area contributed by atoms with Crippen molar-refractivity contribution in [1.29, 1.82) is 0 Å². The van der Waals surface area contributed by atoms with E-state index < -0.39 is 0 Å². The fraction of sp³-hybridized carbons (Fsp3) is 0.263. The molecule has 0 atom stereocenters. The predicted octanol–water partition coefficient (Wildman–Crippen LogP) is 4.48. The van der Waals surface area contributed by atoms with Gasteiger partial charge in [-0.1, -0.05) is 33.6 Å². The Morgan fingerprint density at radius 3 is 2.54 bits per heavy atom. The molecule has 126 valence electrons. The second-order valence-corrected chi connectivity index (χ2v) is 6.71. The molecule has 0 aromatic heterocycles. The van der Waals surface area contributed by atoms with Crippen molar-refractivity contribution in [3.63, 3.8) is 0 Å². The molecular weight excluding hydrogens is 373 g/mol. The first-order valence-electron chi connectivity index (χ1n) is 7.67. The normalized spacial score (nSPS) is 10.5. The molecule has 3 nitrogen and oxygen atoms in total. The van der Waals surface area contributed by atoms with Crippen LogP contribution in [0.5, 0.6) is 0 Å². The summed E-state index contributed by atoms with van der Waals surface area (Å²) in [4.78, 5) is 24.2. The number of hydrogen-bond donors (Lipinski definition) is 1. The van der Waals surface area contributed by atoms with Crippen molar-refractivity contribution in [2.75, 3.05) is 0 Å². The van der Waals surface area contributed by atoms with Crippen molar-refractivity contribution in [2.45, 2.75) is 33.2 Å². The van der Waals surface area contributed by atoms with Crippen LogP contribution in [0.25, 0.3) is 0 Å². The molecule has 0 spiro atoms. The lowest BCUT2D eigenvalue weighted by atomic mass is 9.99. The van der Waals surface area contributed by atoms with E-state index in [0.717, 1.165) is 11.1 Å². The Morgan fingerprint density at radius 2 is 1.83 bits per heavy atom. The van der Waals surface area contributed by atoms with Crippen molar-refractivity contribution in [3.8, 4) is 0 Å². The molecule has 1 amide bonds. The quantitative estimate of drug-likeness (QED) is 0.737. The number of amides is 1. The Morgan fingerprint density at radius 1 is 1.08 bits per heavy atom. The number of carbonyl (C=O) groups is 2. The Labute approximate surface area is 149 Å². The molecule has 0 saturated heterocycles. The van der Waals surface area contributed by atoms with Crippen molar-refractivity contribution in [3.05, 3.63) is 68.9 Å². The largest absolute Gasteiger partial charge is 0.352 e. The standard InChI is InChI=1S/C19H19BrFNO2/c1-12-3-4-13(2)17(7-12)18(23)5-6-19(24)22-11-14-8-15(20)10-16(21)9-14/h3-4,7-10H,5-6,11H2,1-2H3,(H,22,24). The van der Waals surface area contributed by atoms with Gasteiger partial charge in [0.1, 0.15) is 5.82 Å². The number of rotatable bonds is 6. The molecule has 0 aliphatic carbocycles. The minimum atomic E-state index is -0.362. The number of aryl methyl sites for hydroxylation is 2. The van der Waals surface area contributed by atoms with Gasteiger partial charge in [-0.05, 0) is 49.2 Å². The molecule has 2 rings (SSSR count). The first-order chi connectivity index (χ1) is 11.3. The van der Waals surface area contributed by atoms with Crippen LogP contribution in [0.3, 0.4) is 0 Å². The maximum absolute atomic E-state index is 13.3. The van der Waals surface area contributed by atoms with Gasteiger partial charge < -0.3 is 5.32 Å². The highest BCUT2D eigenvalue weighted by atomic mass is 79.9. The molecule has 5 heteroatoms. The third kappa shape index (κ3) is 5.27. The molecule has 2 aromatic rings. The highest BCUT2D eigenvalue weighted by Gasteiger charge is 2.12. The van der Waals surface area contributed by atoms with Gasteiger partial charge in [0, 0.05) is 29.4 Å². The molecule has 0 unspecified atom stereocenters. The molecule has 1 N–H and O–H groups in total. The first kappa shape index (κ1) is 18.3. The van der Waals surface area contributed by atoms with Crippen molar-refractivity contribution in [2.24, 2.45) is 0 Å². The average Bonchev–Trinajstić information content (AvgIpc) is 2.52. The Hall–Kier alpha value is -2.01. The Kier molecular flexibility index (Phi) is 6.26. The second kappa shape index (κ2) is 8.20. The highest BCUT2D eigenvalue weighted by Crippen LogP contribution is 2.15. The smallest absolute Gasteiger partial charge is 0.220 e. The summed E-state index contributed by atoms with van der Waals surface area (Å²) in [6.07, 6.45) is 0.270. The maximum atomic E-state index is 13.3. The fourth-order valence-electron chi connectivity index (χ4n) is 2.40. The van der Waals surface area contributed by atoms with E-state index in [2.05, 4.69) is 21.2 Å². The zero-order valence-electron chi connectivity index (χ0n) is 13.7. The molecule has 0 aliphatic rings. The third-order valence-electron chi connectivity index (χ3n) is 3.68. The van der Waals surface area contributed by atoms with E-state index >= 15 is 0 Å². The van der Waals surface area contributed by atoms with E-state index in [9.17, 15) is 14.0 Å². The fourth-order valence-corrected chi connectivity index (χ4v) is 2.91. The van der Waals surface area contributed by atoms with Gasteiger partial charge in [-0.15, -0.1) is 0 Å². The number of halogens is 2. The van der Waals surface area contributed by atoms with Crippen molar-refractivity contribution >= 4 is 27.6 Å². The Bertz CT molecular complexity index is 754. The minimum absolute atomic E-state index is 0.0418. The molecule has 2 aromatic carbocycles. The lowest BCUT2D eigenvalue weighted by Gasteiger charge is -2.08. The van der Waals surface area contributed by atoms with E-state index in [-0.39, 0.29) is 36.9 Å². The highest BCUT2D eigenvalue weighted by molar-refractivity contribution is 9.10. The number of nitrogens with one attached hydrogen (secondary N) is 1. The number of hydrogen-bond acceptors (Lipinski definition) is 2. The topological polar surface area (TPSA) is 46.2 Å². The van der Waals surface area contributed by atoms with Crippen LogP contribution >= 0.6 is 15.9 Å². The zero-order valence-corrected chi connectivity index (χ0v) is 15.2. The van der Waals surface area contributed by atoms with Crippen LogP contribution < -0.4 is 5.32 Å². The van der Waals surface area contributed by atoms with Crippen LogP contribution in [0.15, 0.2) is 40.9 Å². The van der Waals surface area contributed by atoms with E-state index in [4.69, 9.17) is 0 Å². The Balaban J connectivity index is 1.86. The van der Waals surface area contributed by atoms with Crippen LogP contribution in [-0.2, 0) is 11.3 Å². The van der Waals surface area contributed by atoms with Crippen LogP contribution in [0.2, 0.25) is 0 Å². The van der Waals surface area contributed by atoms with Gasteiger partial charge >= 0.3 is 0 Å². The summed E-state index contributed by atoms with van der Waals surface area (Å²) >= 11 is 3.21. The number of carbonyl (C=O) groups excluding carboxylic acids is 2. The van der Waals surface area contributed by atoms with Gasteiger partial charge in [-0.2, -0.15) is 0 Å². The lowest BCUT2D eigenvalue weighted by molar-refractivity contribution is -0.121. The number of benzene rings is 2. The summed E-state index contributed by atoms with van der Waals surface area (Å²) in [5.41, 5.74) is 3.26. The van der Waals surface area contributed by atoms with Gasteiger partial charge in [0.05, 0.1) is 0 Å². The molecule has 0 bridgehead atoms. The molecule has 0 radical (unpaired) electrons. The molecule has 24 heavy (non-hydrogen) atoms. The van der Waals surface area contributed by atoms with Gasteiger partial charge in [0.25, 0.3) is 0 Å². The molecular formula is C19H19BrFNO2. The maximum Gasteiger partial charge on any atom is 0.220 e. The van der Waals surface area contributed by atoms with Crippen LogP contribution in [-0.4, -0.2) is 11.7 Å². The lowest BCUT2D eigenvalue weighted by Crippen LogP contribution is -2.23. The monoisotopic (exact) mass is 391 g/mol. The van der Waals surface area contributed by atoms with Crippen LogP contribution in [0.1, 0.15) is 39.9 Å². The first-order valence-corrected chi connectivity index (χ1v) is 8.46.